The molecule has 0 radical (unpaired) electrons. The summed E-state index contributed by atoms with van der Waals surface area (Å²) in [4.78, 5) is 12.3. The number of nitrogens with one attached hydrogen (secondary N) is 1. The highest BCUT2D eigenvalue weighted by molar-refractivity contribution is 9.10. The lowest BCUT2D eigenvalue weighted by atomic mass is 10.1. The van der Waals surface area contributed by atoms with E-state index in [0.29, 0.717) is 23.6 Å². The molecule has 6 nitrogen and oxygen atoms in total. The number of ether oxygens (including phenoxy) is 1. The topological polar surface area (TPSA) is 69.0 Å². The van der Waals surface area contributed by atoms with Gasteiger partial charge < -0.3 is 14.6 Å². The molecule has 33 heavy (non-hydrogen) atoms. The zero-order valence-corrected chi connectivity index (χ0v) is 19.9. The van der Waals surface area contributed by atoms with E-state index in [2.05, 4.69) is 31.4 Å². The summed E-state index contributed by atoms with van der Waals surface area (Å²) in [6.45, 7) is 2.75. The molecule has 0 spiro atoms. The van der Waals surface area contributed by atoms with Crippen LogP contribution < -0.4 is 10.1 Å². The number of benzene rings is 3. The Bertz CT molecular complexity index is 1290. The third-order valence-corrected chi connectivity index (χ3v) is 6.41. The monoisotopic (exact) mass is 532 g/mol. The number of carbonyl (C=O) groups excluding carboxylic acids is 1. The van der Waals surface area contributed by atoms with Crippen molar-refractivity contribution in [1.29, 1.82) is 0 Å². The van der Waals surface area contributed by atoms with Gasteiger partial charge in [0.25, 0.3) is 0 Å². The van der Waals surface area contributed by atoms with Crippen LogP contribution in [0, 0.1) is 11.6 Å². The first-order chi connectivity index (χ1) is 16.0. The summed E-state index contributed by atoms with van der Waals surface area (Å²) in [5, 5.41) is 13.5. The van der Waals surface area contributed by atoms with E-state index in [-0.39, 0.29) is 22.5 Å². The molecule has 1 N–H and O–H groups in total. The average molecular weight is 533 g/mol. The lowest BCUT2D eigenvalue weighted by molar-refractivity contribution is -0.113. The number of carbonyl (C=O) groups is 1. The fourth-order valence-corrected chi connectivity index (χ4v) is 4.61. The van der Waals surface area contributed by atoms with Gasteiger partial charge >= 0.3 is 0 Å². The number of hydrogen-bond acceptors (Lipinski definition) is 5. The van der Waals surface area contributed by atoms with Crippen molar-refractivity contribution in [2.75, 3.05) is 11.1 Å². The maximum Gasteiger partial charge on any atom is 0.234 e. The molecule has 1 aromatic heterocycles. The molecule has 0 fully saturated rings. The highest BCUT2D eigenvalue weighted by atomic mass is 79.9. The number of halogens is 3. The molecule has 0 aliphatic heterocycles. The highest BCUT2D eigenvalue weighted by Gasteiger charge is 2.16. The molecule has 0 saturated heterocycles. The number of nitrogens with zero attached hydrogens (tertiary/aromatic N) is 3. The Kier molecular flexibility index (Phi) is 7.24. The van der Waals surface area contributed by atoms with Crippen molar-refractivity contribution in [3.05, 3.63) is 76.5 Å². The number of amides is 1. The Labute approximate surface area is 201 Å². The molecule has 170 valence electrons. The molecule has 0 atom stereocenters. The van der Waals surface area contributed by atoms with Gasteiger partial charge in [-0.25, -0.2) is 8.78 Å². The van der Waals surface area contributed by atoms with Crippen LogP contribution in [0.15, 0.2) is 64.2 Å². The second kappa shape index (κ2) is 10.3. The summed E-state index contributed by atoms with van der Waals surface area (Å²) >= 11 is 4.23. The van der Waals surface area contributed by atoms with Gasteiger partial charge in [-0.2, -0.15) is 0 Å². The molecule has 0 aliphatic rings. The van der Waals surface area contributed by atoms with Crippen molar-refractivity contribution in [2.45, 2.75) is 25.2 Å². The van der Waals surface area contributed by atoms with Crippen LogP contribution in [0.3, 0.4) is 0 Å². The standard InChI is InChI=1S/C23H19BrF2N4O2S/c1-2-30-20(12-32-19-9-5-7-14-6-3-4-8-16(14)19)28-29-23(30)33-13-21(31)27-22-17(24)10-15(25)11-18(22)26/h3-11H,2,12-13H2,1H3,(H,27,31). The van der Waals surface area contributed by atoms with E-state index in [9.17, 15) is 13.6 Å². The van der Waals surface area contributed by atoms with Crippen molar-refractivity contribution in [3.8, 4) is 5.75 Å². The van der Waals surface area contributed by atoms with E-state index >= 15 is 0 Å². The van der Waals surface area contributed by atoms with Crippen LogP contribution in [0.4, 0.5) is 14.5 Å². The van der Waals surface area contributed by atoms with E-state index in [1.165, 1.54) is 11.8 Å². The third kappa shape index (κ3) is 5.33. The Hall–Kier alpha value is -2.98. The first-order valence-electron chi connectivity index (χ1n) is 10.1. The zero-order chi connectivity index (χ0) is 23.4. The van der Waals surface area contributed by atoms with Crippen LogP contribution in [0.25, 0.3) is 10.8 Å². The maximum absolute atomic E-state index is 13.9. The predicted molar refractivity (Wildman–Crippen MR) is 127 cm³/mol. The molecular formula is C23H19BrF2N4O2S. The number of fused-ring (bicyclic) bond motifs is 1. The molecule has 0 unspecified atom stereocenters. The van der Waals surface area contributed by atoms with E-state index in [1.807, 2.05) is 54.0 Å². The lowest BCUT2D eigenvalue weighted by Gasteiger charge is -2.11. The van der Waals surface area contributed by atoms with Gasteiger partial charge in [0.05, 0.1) is 11.4 Å². The highest BCUT2D eigenvalue weighted by Crippen LogP contribution is 2.28. The second-order valence-electron chi connectivity index (χ2n) is 6.99. The molecule has 10 heteroatoms. The molecule has 1 heterocycles. The second-order valence-corrected chi connectivity index (χ2v) is 8.79. The summed E-state index contributed by atoms with van der Waals surface area (Å²) in [6, 6.07) is 15.6. The maximum atomic E-state index is 13.9. The fraction of sp³-hybridized carbons (Fsp3) is 0.174. The van der Waals surface area contributed by atoms with E-state index < -0.39 is 17.5 Å². The van der Waals surface area contributed by atoms with E-state index in [4.69, 9.17) is 4.74 Å². The van der Waals surface area contributed by atoms with Crippen molar-refractivity contribution < 1.29 is 18.3 Å². The van der Waals surface area contributed by atoms with Gasteiger partial charge in [-0.3, -0.25) is 4.79 Å². The van der Waals surface area contributed by atoms with Gasteiger partial charge in [0.2, 0.25) is 5.91 Å². The molecule has 4 aromatic rings. The first-order valence-corrected chi connectivity index (χ1v) is 11.8. The van der Waals surface area contributed by atoms with Crippen LogP contribution in [0.1, 0.15) is 12.7 Å². The van der Waals surface area contributed by atoms with Crippen molar-refractivity contribution in [1.82, 2.24) is 14.8 Å². The smallest absolute Gasteiger partial charge is 0.234 e. The molecule has 1 amide bonds. The van der Waals surface area contributed by atoms with Crippen molar-refractivity contribution in [3.63, 3.8) is 0 Å². The van der Waals surface area contributed by atoms with Gasteiger partial charge in [-0.1, -0.05) is 48.2 Å². The third-order valence-electron chi connectivity index (χ3n) is 4.82. The number of rotatable bonds is 8. The molecule has 0 bridgehead atoms. The van der Waals surface area contributed by atoms with Gasteiger partial charge in [0.15, 0.2) is 16.8 Å². The molecule has 0 saturated carbocycles. The summed E-state index contributed by atoms with van der Waals surface area (Å²) in [5.74, 6) is -0.692. The van der Waals surface area contributed by atoms with Crippen LogP contribution in [0.5, 0.6) is 5.75 Å². The molecule has 4 rings (SSSR count). The largest absolute Gasteiger partial charge is 0.485 e. The quantitative estimate of drug-likeness (QED) is 0.290. The van der Waals surface area contributed by atoms with Crippen LogP contribution in [0.2, 0.25) is 0 Å². The number of thioether (sulfide) groups is 1. The summed E-state index contributed by atoms with van der Waals surface area (Å²) in [5.41, 5.74) is -0.108. The number of hydrogen-bond donors (Lipinski definition) is 1. The lowest BCUT2D eigenvalue weighted by Crippen LogP contribution is -2.16. The minimum atomic E-state index is -0.857. The van der Waals surface area contributed by atoms with Crippen molar-refractivity contribution >= 4 is 50.1 Å². The van der Waals surface area contributed by atoms with Crippen LogP contribution in [-0.2, 0) is 17.9 Å². The molecule has 0 aliphatic carbocycles. The predicted octanol–water partition coefficient (Wildman–Crippen LogP) is 5.80. The Morgan fingerprint density at radius 2 is 1.94 bits per heavy atom. The van der Waals surface area contributed by atoms with Gasteiger partial charge in [-0.15, -0.1) is 10.2 Å². The summed E-state index contributed by atoms with van der Waals surface area (Å²) in [7, 11) is 0. The minimum Gasteiger partial charge on any atom is -0.485 e. The van der Waals surface area contributed by atoms with Gasteiger partial charge in [0.1, 0.15) is 18.2 Å². The Morgan fingerprint density at radius 3 is 2.73 bits per heavy atom. The first kappa shape index (κ1) is 23.2. The zero-order valence-electron chi connectivity index (χ0n) is 17.5. The Balaban J connectivity index is 1.41. The molecular weight excluding hydrogens is 514 g/mol. The van der Waals surface area contributed by atoms with Crippen LogP contribution >= 0.6 is 27.7 Å². The van der Waals surface area contributed by atoms with Gasteiger partial charge in [-0.05, 0) is 40.4 Å². The van der Waals surface area contributed by atoms with Crippen LogP contribution in [-0.4, -0.2) is 26.4 Å². The number of anilines is 1. The normalized spacial score (nSPS) is 11.0. The fourth-order valence-electron chi connectivity index (χ4n) is 3.28. The van der Waals surface area contributed by atoms with E-state index in [0.717, 1.165) is 22.6 Å². The minimum absolute atomic E-state index is 0.0223. The van der Waals surface area contributed by atoms with Crippen molar-refractivity contribution in [2.24, 2.45) is 0 Å². The number of aromatic nitrogens is 3. The van der Waals surface area contributed by atoms with Gasteiger partial charge in [0, 0.05) is 22.5 Å². The van der Waals surface area contributed by atoms with E-state index in [1.54, 1.807) is 0 Å². The summed E-state index contributed by atoms with van der Waals surface area (Å²) < 4.78 is 35.2. The average Bonchev–Trinajstić information content (AvgIpc) is 3.20. The SMILES string of the molecule is CCn1c(COc2cccc3ccccc23)nnc1SCC(=O)Nc1c(F)cc(F)cc1Br. The Morgan fingerprint density at radius 1 is 1.15 bits per heavy atom. The summed E-state index contributed by atoms with van der Waals surface area (Å²) in [6.07, 6.45) is 0. The molecule has 3 aromatic carbocycles.